The number of hydrogen-bond donors (Lipinski definition) is 2. The molecule has 3 aromatic rings. The van der Waals surface area contributed by atoms with Crippen LogP contribution in [0.1, 0.15) is 17.7 Å². The molecule has 9 heteroatoms. The van der Waals surface area contributed by atoms with Gasteiger partial charge in [0, 0.05) is 17.0 Å². The molecule has 0 atom stereocenters. The first-order valence-electron chi connectivity index (χ1n) is 9.16. The fraction of sp³-hybridized carbons (Fsp3) is 0.190. The van der Waals surface area contributed by atoms with Crippen LogP contribution in [0.25, 0.3) is 0 Å². The van der Waals surface area contributed by atoms with Crippen molar-refractivity contribution in [1.82, 2.24) is 0 Å². The van der Waals surface area contributed by atoms with Gasteiger partial charge in [-0.25, -0.2) is 8.42 Å². The molecule has 0 aliphatic carbocycles. The van der Waals surface area contributed by atoms with E-state index in [0.29, 0.717) is 18.5 Å². The monoisotopic (exact) mass is 464 g/mol. The molecule has 0 aliphatic rings. The Hall–Kier alpha value is -2.55. The molecule has 3 rings (SSSR count). The number of rotatable bonds is 9. The van der Waals surface area contributed by atoms with Gasteiger partial charge in [-0.05, 0) is 54.6 Å². The normalized spacial score (nSPS) is 11.1. The Morgan fingerprint density at radius 1 is 1.13 bits per heavy atom. The summed E-state index contributed by atoms with van der Waals surface area (Å²) in [5, 5.41) is 5.03. The van der Waals surface area contributed by atoms with Crippen molar-refractivity contribution in [3.8, 4) is 5.75 Å². The molecule has 0 bridgehead atoms. The molecule has 0 unspecified atom stereocenters. The third-order valence-electron chi connectivity index (χ3n) is 4.26. The number of halogens is 1. The second-order valence-electron chi connectivity index (χ2n) is 6.43. The highest BCUT2D eigenvalue weighted by Crippen LogP contribution is 2.31. The molecule has 0 aliphatic heterocycles. The lowest BCUT2D eigenvalue weighted by atomic mass is 10.2. The fourth-order valence-electron chi connectivity index (χ4n) is 2.81. The van der Waals surface area contributed by atoms with E-state index in [4.69, 9.17) is 16.3 Å². The van der Waals surface area contributed by atoms with Gasteiger partial charge >= 0.3 is 0 Å². The Morgan fingerprint density at radius 3 is 2.63 bits per heavy atom. The number of methoxy groups -OCH3 is 1. The van der Waals surface area contributed by atoms with Crippen molar-refractivity contribution in [3.63, 3.8) is 0 Å². The lowest BCUT2D eigenvalue weighted by Crippen LogP contribution is -2.16. The van der Waals surface area contributed by atoms with Crippen LogP contribution in [0.2, 0.25) is 5.02 Å². The largest absolute Gasteiger partial charge is 0.495 e. The van der Waals surface area contributed by atoms with Crippen molar-refractivity contribution in [2.75, 3.05) is 17.1 Å². The predicted molar refractivity (Wildman–Crippen MR) is 121 cm³/mol. The number of anilines is 2. The van der Waals surface area contributed by atoms with Gasteiger partial charge in [-0.1, -0.05) is 29.8 Å². The molecule has 0 saturated carbocycles. The standard InChI is InChI=1S/C21H21ClN2O4S2/c1-28-19-12-11-15(23-21(25)10-4-6-16-7-5-13-29-16)14-20(19)30(26,27)24-18-9-3-2-8-17(18)22/h2-3,5,7-9,11-14,24H,4,6,10H2,1H3,(H,23,25). The van der Waals surface area contributed by atoms with Gasteiger partial charge < -0.3 is 10.1 Å². The summed E-state index contributed by atoms with van der Waals surface area (Å²) in [5.41, 5.74) is 0.626. The van der Waals surface area contributed by atoms with E-state index in [0.717, 1.165) is 6.42 Å². The van der Waals surface area contributed by atoms with Gasteiger partial charge in [-0.3, -0.25) is 9.52 Å². The van der Waals surface area contributed by atoms with Crippen molar-refractivity contribution in [1.29, 1.82) is 0 Å². The van der Waals surface area contributed by atoms with Crippen molar-refractivity contribution in [2.45, 2.75) is 24.2 Å². The highest BCUT2D eigenvalue weighted by Gasteiger charge is 2.21. The van der Waals surface area contributed by atoms with E-state index in [1.807, 2.05) is 17.5 Å². The highest BCUT2D eigenvalue weighted by molar-refractivity contribution is 7.92. The van der Waals surface area contributed by atoms with Gasteiger partial charge in [0.25, 0.3) is 10.0 Å². The lowest BCUT2D eigenvalue weighted by molar-refractivity contribution is -0.116. The Labute approximate surface area is 184 Å². The van der Waals surface area contributed by atoms with E-state index < -0.39 is 10.0 Å². The molecular formula is C21H21ClN2O4S2. The topological polar surface area (TPSA) is 84.5 Å². The number of hydrogen-bond acceptors (Lipinski definition) is 5. The van der Waals surface area contributed by atoms with Gasteiger partial charge in [0.15, 0.2) is 0 Å². The van der Waals surface area contributed by atoms with E-state index in [-0.39, 0.29) is 27.3 Å². The number of sulfonamides is 1. The summed E-state index contributed by atoms with van der Waals surface area (Å²) >= 11 is 7.72. The van der Waals surface area contributed by atoms with Crippen LogP contribution in [-0.2, 0) is 21.2 Å². The molecule has 1 aromatic heterocycles. The number of benzene rings is 2. The molecule has 1 amide bonds. The van der Waals surface area contributed by atoms with Gasteiger partial charge in [-0.2, -0.15) is 0 Å². The number of ether oxygens (including phenoxy) is 1. The third kappa shape index (κ3) is 5.75. The van der Waals surface area contributed by atoms with E-state index in [1.54, 1.807) is 41.7 Å². The molecule has 2 N–H and O–H groups in total. The SMILES string of the molecule is COc1ccc(NC(=O)CCCc2cccs2)cc1S(=O)(=O)Nc1ccccc1Cl. The minimum atomic E-state index is -3.99. The first-order chi connectivity index (χ1) is 14.4. The van der Waals surface area contributed by atoms with Gasteiger partial charge in [-0.15, -0.1) is 11.3 Å². The van der Waals surface area contributed by atoms with Crippen molar-refractivity contribution in [2.24, 2.45) is 0 Å². The Bertz CT molecular complexity index is 1120. The molecule has 0 spiro atoms. The predicted octanol–water partition coefficient (Wildman–Crippen LogP) is 5.17. The van der Waals surface area contributed by atoms with Gasteiger partial charge in [0.2, 0.25) is 5.91 Å². The first-order valence-corrected chi connectivity index (χ1v) is 11.9. The Morgan fingerprint density at radius 2 is 1.93 bits per heavy atom. The minimum Gasteiger partial charge on any atom is -0.495 e. The summed E-state index contributed by atoms with van der Waals surface area (Å²) < 4.78 is 33.5. The van der Waals surface area contributed by atoms with Gasteiger partial charge in [0.05, 0.1) is 17.8 Å². The molecule has 158 valence electrons. The number of carbonyl (C=O) groups excluding carboxylic acids is 1. The van der Waals surface area contributed by atoms with Gasteiger partial charge in [0.1, 0.15) is 10.6 Å². The van der Waals surface area contributed by atoms with Crippen LogP contribution in [0.4, 0.5) is 11.4 Å². The van der Waals surface area contributed by atoms with Crippen LogP contribution in [0, 0.1) is 0 Å². The summed E-state index contributed by atoms with van der Waals surface area (Å²) in [6, 6.07) is 15.0. The molecule has 30 heavy (non-hydrogen) atoms. The molecule has 0 saturated heterocycles. The molecule has 2 aromatic carbocycles. The van der Waals surface area contributed by atoms with Crippen molar-refractivity contribution >= 4 is 50.2 Å². The second kappa shape index (κ2) is 9.97. The second-order valence-corrected chi connectivity index (χ2v) is 9.52. The average molecular weight is 465 g/mol. The zero-order valence-corrected chi connectivity index (χ0v) is 18.6. The molecule has 6 nitrogen and oxygen atoms in total. The molecule has 0 radical (unpaired) electrons. The third-order valence-corrected chi connectivity index (χ3v) is 6.91. The highest BCUT2D eigenvalue weighted by atomic mass is 35.5. The van der Waals surface area contributed by atoms with E-state index in [1.165, 1.54) is 24.1 Å². The summed E-state index contributed by atoms with van der Waals surface area (Å²) in [6.07, 6.45) is 1.88. The number of aryl methyl sites for hydroxylation is 1. The van der Waals surface area contributed by atoms with Crippen molar-refractivity contribution < 1.29 is 17.9 Å². The number of nitrogens with one attached hydrogen (secondary N) is 2. The molecule has 1 heterocycles. The van der Waals surface area contributed by atoms with Crippen LogP contribution in [0.3, 0.4) is 0 Å². The first kappa shape index (κ1) is 22.1. The number of carbonyl (C=O) groups is 1. The smallest absolute Gasteiger partial charge is 0.265 e. The Kier molecular flexibility index (Phi) is 7.36. The maximum absolute atomic E-state index is 12.9. The molecular weight excluding hydrogens is 444 g/mol. The zero-order chi connectivity index (χ0) is 21.6. The number of amides is 1. The van der Waals surface area contributed by atoms with Crippen LogP contribution in [0.5, 0.6) is 5.75 Å². The number of thiophene rings is 1. The minimum absolute atomic E-state index is 0.0960. The quantitative estimate of drug-likeness (QED) is 0.457. The fourth-order valence-corrected chi connectivity index (χ4v) is 5.08. The summed E-state index contributed by atoms with van der Waals surface area (Å²) in [6.45, 7) is 0. The number of para-hydroxylation sites is 1. The maximum Gasteiger partial charge on any atom is 0.265 e. The van der Waals surface area contributed by atoms with Crippen LogP contribution in [-0.4, -0.2) is 21.4 Å². The summed E-state index contributed by atoms with van der Waals surface area (Å²) in [7, 11) is -2.61. The molecule has 0 fully saturated rings. The van der Waals surface area contributed by atoms with Crippen LogP contribution < -0.4 is 14.8 Å². The van der Waals surface area contributed by atoms with Crippen molar-refractivity contribution in [3.05, 3.63) is 69.9 Å². The average Bonchev–Trinajstić information content (AvgIpc) is 3.23. The van der Waals surface area contributed by atoms with Crippen LogP contribution in [0.15, 0.2) is 64.9 Å². The zero-order valence-electron chi connectivity index (χ0n) is 16.2. The van der Waals surface area contributed by atoms with E-state index in [2.05, 4.69) is 10.0 Å². The van der Waals surface area contributed by atoms with E-state index >= 15 is 0 Å². The summed E-state index contributed by atoms with van der Waals surface area (Å²) in [4.78, 5) is 13.4. The summed E-state index contributed by atoms with van der Waals surface area (Å²) in [5.74, 6) is -0.0237. The van der Waals surface area contributed by atoms with Crippen LogP contribution >= 0.6 is 22.9 Å². The lowest BCUT2D eigenvalue weighted by Gasteiger charge is -2.14. The Balaban J connectivity index is 1.72. The maximum atomic E-state index is 12.9. The van der Waals surface area contributed by atoms with E-state index in [9.17, 15) is 13.2 Å².